The molecule has 0 aliphatic carbocycles. The summed E-state index contributed by atoms with van der Waals surface area (Å²) >= 11 is 0. The van der Waals surface area contributed by atoms with E-state index in [0.717, 1.165) is 7.11 Å². The summed E-state index contributed by atoms with van der Waals surface area (Å²) in [7, 11) is 2.28. The number of hydroxylamine groups is 1. The van der Waals surface area contributed by atoms with Crippen LogP contribution in [0, 0.1) is 0 Å². The van der Waals surface area contributed by atoms with Crippen LogP contribution in [0.25, 0.3) is 0 Å². The highest BCUT2D eigenvalue weighted by atomic mass is 19.4. The maximum Gasteiger partial charge on any atom is 0.438 e. The minimum Gasteiger partial charge on any atom is -0.465 e. The zero-order chi connectivity index (χ0) is 20.7. The van der Waals surface area contributed by atoms with E-state index in [-0.39, 0.29) is 16.8 Å². The molecule has 0 aliphatic rings. The van der Waals surface area contributed by atoms with Crippen LogP contribution in [0.2, 0.25) is 0 Å². The molecule has 0 bridgehead atoms. The summed E-state index contributed by atoms with van der Waals surface area (Å²) in [5, 5.41) is 0.657. The average Bonchev–Trinajstić information content (AvgIpc) is 2.69. The molecule has 0 saturated carbocycles. The van der Waals surface area contributed by atoms with Gasteiger partial charge in [-0.3, -0.25) is 4.84 Å². The summed E-state index contributed by atoms with van der Waals surface area (Å²) < 4.78 is 48.5. The molecule has 0 aliphatic heterocycles. The van der Waals surface area contributed by atoms with Crippen LogP contribution in [0.5, 0.6) is 0 Å². The molecule has 0 saturated heterocycles. The Kier molecular flexibility index (Phi) is 7.00. The second-order valence-corrected chi connectivity index (χ2v) is 5.63. The normalized spacial score (nSPS) is 12.2. The third-order valence-electron chi connectivity index (χ3n) is 3.68. The summed E-state index contributed by atoms with van der Waals surface area (Å²) in [5.41, 5.74) is 0.493. The molecule has 0 spiro atoms. The van der Waals surface area contributed by atoms with Crippen LogP contribution < -0.4 is 5.06 Å². The number of rotatable bonds is 6. The van der Waals surface area contributed by atoms with Gasteiger partial charge in [-0.1, -0.05) is 30.3 Å². The van der Waals surface area contributed by atoms with Crippen molar-refractivity contribution >= 4 is 17.7 Å². The zero-order valence-corrected chi connectivity index (χ0v) is 15.1. The number of hydrogen-bond acceptors (Lipinski definition) is 5. The van der Waals surface area contributed by atoms with Crippen LogP contribution in [0.4, 0.5) is 23.7 Å². The number of nitrogens with zero attached hydrogens (tertiary/aromatic N) is 1. The first-order valence-corrected chi connectivity index (χ1v) is 8.10. The fourth-order valence-electron chi connectivity index (χ4n) is 2.36. The number of halogens is 3. The monoisotopic (exact) mass is 397 g/mol. The maximum atomic E-state index is 13.1. The van der Waals surface area contributed by atoms with Crippen LogP contribution in [0.15, 0.2) is 54.6 Å². The van der Waals surface area contributed by atoms with Crippen LogP contribution in [-0.2, 0) is 14.3 Å². The van der Waals surface area contributed by atoms with E-state index in [1.807, 2.05) is 0 Å². The van der Waals surface area contributed by atoms with Crippen molar-refractivity contribution in [1.29, 1.82) is 0 Å². The highest BCUT2D eigenvalue weighted by Crippen LogP contribution is 2.34. The van der Waals surface area contributed by atoms with Gasteiger partial charge in [0.15, 0.2) is 0 Å². The topological polar surface area (TPSA) is 65.1 Å². The molecule has 0 heterocycles. The van der Waals surface area contributed by atoms with Crippen LogP contribution in [0.3, 0.4) is 0 Å². The van der Waals surface area contributed by atoms with E-state index in [2.05, 4.69) is 9.47 Å². The molecule has 150 valence electrons. The van der Waals surface area contributed by atoms with Gasteiger partial charge in [0.1, 0.15) is 6.10 Å². The molecular weight excluding hydrogens is 379 g/mol. The molecule has 1 unspecified atom stereocenters. The van der Waals surface area contributed by atoms with E-state index in [0.29, 0.717) is 5.06 Å². The second-order valence-electron chi connectivity index (χ2n) is 5.63. The van der Waals surface area contributed by atoms with Gasteiger partial charge < -0.3 is 9.47 Å². The van der Waals surface area contributed by atoms with Crippen molar-refractivity contribution in [3.8, 4) is 0 Å². The highest BCUT2D eigenvalue weighted by Gasteiger charge is 2.36. The molecule has 0 radical (unpaired) electrons. The lowest BCUT2D eigenvalue weighted by atomic mass is 10.0. The Bertz CT molecular complexity index is 793. The first-order valence-electron chi connectivity index (χ1n) is 8.10. The van der Waals surface area contributed by atoms with E-state index in [1.165, 1.54) is 43.5 Å². The van der Waals surface area contributed by atoms with E-state index < -0.39 is 30.8 Å². The summed E-state index contributed by atoms with van der Waals surface area (Å²) in [6.45, 7) is 0. The predicted molar refractivity (Wildman–Crippen MR) is 93.6 cm³/mol. The largest absolute Gasteiger partial charge is 0.465 e. The molecule has 9 heteroatoms. The van der Waals surface area contributed by atoms with Crippen molar-refractivity contribution in [2.45, 2.75) is 18.7 Å². The van der Waals surface area contributed by atoms with E-state index in [9.17, 15) is 22.8 Å². The van der Waals surface area contributed by atoms with Crippen LogP contribution in [-0.4, -0.2) is 32.5 Å². The maximum absolute atomic E-state index is 13.1. The van der Waals surface area contributed by atoms with E-state index in [4.69, 9.17) is 4.84 Å². The smallest absolute Gasteiger partial charge is 0.438 e. The molecular formula is C19H18F3NO5. The van der Waals surface area contributed by atoms with Crippen molar-refractivity contribution in [2.24, 2.45) is 0 Å². The molecule has 1 amide bonds. The van der Waals surface area contributed by atoms with Crippen molar-refractivity contribution in [3.63, 3.8) is 0 Å². The molecule has 0 aromatic heterocycles. The van der Waals surface area contributed by atoms with Gasteiger partial charge in [-0.05, 0) is 29.8 Å². The van der Waals surface area contributed by atoms with Gasteiger partial charge in [0, 0.05) is 0 Å². The summed E-state index contributed by atoms with van der Waals surface area (Å²) in [6.07, 6.45) is -8.45. The SMILES string of the molecule is COC(=O)c1ccc(C(CC(F)(F)F)ON(C(=O)OC)c2ccccc2)cc1. The third kappa shape index (κ3) is 5.71. The summed E-state index contributed by atoms with van der Waals surface area (Å²) in [6, 6.07) is 13.1. The minimum absolute atomic E-state index is 0.120. The van der Waals surface area contributed by atoms with Gasteiger partial charge >= 0.3 is 18.2 Å². The number of esters is 1. The molecule has 0 fully saturated rings. The Balaban J connectivity index is 2.36. The van der Waals surface area contributed by atoms with Gasteiger partial charge in [-0.15, -0.1) is 0 Å². The first kappa shape index (κ1) is 21.2. The Hall–Kier alpha value is -3.07. The van der Waals surface area contributed by atoms with E-state index in [1.54, 1.807) is 18.2 Å². The lowest BCUT2D eigenvalue weighted by Gasteiger charge is -2.27. The fourth-order valence-corrected chi connectivity index (χ4v) is 2.36. The predicted octanol–water partition coefficient (Wildman–Crippen LogP) is 4.67. The van der Waals surface area contributed by atoms with Gasteiger partial charge in [0.05, 0.1) is 31.9 Å². The molecule has 2 aromatic carbocycles. The van der Waals surface area contributed by atoms with Gasteiger partial charge in [0.25, 0.3) is 0 Å². The fraction of sp³-hybridized carbons (Fsp3) is 0.263. The van der Waals surface area contributed by atoms with Gasteiger partial charge in [-0.2, -0.15) is 18.2 Å². The Morgan fingerprint density at radius 3 is 2.07 bits per heavy atom. The van der Waals surface area contributed by atoms with Crippen molar-refractivity contribution in [2.75, 3.05) is 19.3 Å². The molecule has 1 atom stereocenters. The number of carbonyl (C=O) groups is 2. The standard InChI is InChI=1S/C19H18F3NO5/c1-26-17(24)14-10-8-13(9-11-14)16(12-19(20,21)22)28-23(18(25)27-2)15-6-4-3-5-7-15/h3-11,16H,12H2,1-2H3. The molecule has 2 rings (SSSR count). The summed E-state index contributed by atoms with van der Waals surface area (Å²) in [5.74, 6) is -0.625. The number of ether oxygens (including phenoxy) is 2. The average molecular weight is 397 g/mol. The van der Waals surface area contributed by atoms with E-state index >= 15 is 0 Å². The number of para-hydroxylation sites is 1. The molecule has 28 heavy (non-hydrogen) atoms. The molecule has 6 nitrogen and oxygen atoms in total. The Morgan fingerprint density at radius 2 is 1.57 bits per heavy atom. The number of hydrogen-bond donors (Lipinski definition) is 0. The molecule has 2 aromatic rings. The van der Waals surface area contributed by atoms with Crippen molar-refractivity contribution in [1.82, 2.24) is 0 Å². The number of carbonyl (C=O) groups excluding carboxylic acids is 2. The number of anilines is 1. The van der Waals surface area contributed by atoms with Crippen molar-refractivity contribution < 1.29 is 37.1 Å². The third-order valence-corrected chi connectivity index (χ3v) is 3.68. The number of benzene rings is 2. The number of methoxy groups -OCH3 is 2. The molecule has 0 N–H and O–H groups in total. The van der Waals surface area contributed by atoms with Gasteiger partial charge in [-0.25, -0.2) is 9.59 Å². The van der Waals surface area contributed by atoms with Crippen molar-refractivity contribution in [3.05, 3.63) is 65.7 Å². The highest BCUT2D eigenvalue weighted by molar-refractivity contribution is 5.89. The Labute approximate surface area is 159 Å². The first-order chi connectivity index (χ1) is 13.2. The Morgan fingerprint density at radius 1 is 0.964 bits per heavy atom. The van der Waals surface area contributed by atoms with Gasteiger partial charge in [0.2, 0.25) is 0 Å². The number of alkyl halides is 3. The quantitative estimate of drug-likeness (QED) is 0.524. The second kappa shape index (κ2) is 9.23. The van der Waals surface area contributed by atoms with Crippen LogP contribution >= 0.6 is 0 Å². The number of amides is 1. The van der Waals surface area contributed by atoms with Crippen LogP contribution in [0.1, 0.15) is 28.4 Å². The zero-order valence-electron chi connectivity index (χ0n) is 15.1. The lowest BCUT2D eigenvalue weighted by Crippen LogP contribution is -2.34. The lowest BCUT2D eigenvalue weighted by molar-refractivity contribution is -0.162. The minimum atomic E-state index is -4.57. The summed E-state index contributed by atoms with van der Waals surface area (Å²) in [4.78, 5) is 29.0.